The molecule has 0 radical (unpaired) electrons. The molecular weight excluding hydrogens is 502 g/mol. The first kappa shape index (κ1) is 26.3. The summed E-state index contributed by atoms with van der Waals surface area (Å²) < 4.78 is 27.3. The average molecular weight is 534 g/mol. The Balaban J connectivity index is 1.67. The molecule has 0 fully saturated rings. The molecular formula is C30H31NO8. The molecule has 1 aliphatic carbocycles. The van der Waals surface area contributed by atoms with E-state index in [2.05, 4.69) is 5.32 Å². The van der Waals surface area contributed by atoms with Gasteiger partial charge >= 0.3 is 11.9 Å². The van der Waals surface area contributed by atoms with Crippen LogP contribution in [0.3, 0.4) is 0 Å². The number of rotatable bonds is 7. The Kier molecular flexibility index (Phi) is 7.32. The van der Waals surface area contributed by atoms with Crippen LogP contribution in [0.1, 0.15) is 50.2 Å². The van der Waals surface area contributed by atoms with Gasteiger partial charge in [0.15, 0.2) is 17.3 Å². The zero-order chi connectivity index (χ0) is 27.7. The summed E-state index contributed by atoms with van der Waals surface area (Å²) in [4.78, 5) is 41.0. The minimum absolute atomic E-state index is 0.0879. The largest absolute Gasteiger partial charge is 0.497 e. The maximum absolute atomic E-state index is 14.4. The molecule has 2 aromatic rings. The van der Waals surface area contributed by atoms with Crippen molar-refractivity contribution in [2.24, 2.45) is 5.92 Å². The molecule has 9 nitrogen and oxygen atoms in total. The minimum atomic E-state index is -1.10. The summed E-state index contributed by atoms with van der Waals surface area (Å²) in [5.74, 6) is -2.17. The summed E-state index contributed by atoms with van der Waals surface area (Å²) in [7, 11) is 1.57. The maximum atomic E-state index is 14.4. The fourth-order valence-electron chi connectivity index (χ4n) is 5.63. The highest BCUT2D eigenvalue weighted by Crippen LogP contribution is 2.49. The van der Waals surface area contributed by atoms with Crippen LogP contribution in [0.25, 0.3) is 0 Å². The lowest BCUT2D eigenvalue weighted by molar-refractivity contribution is -0.152. The van der Waals surface area contributed by atoms with Gasteiger partial charge in [0.2, 0.25) is 6.79 Å². The second kappa shape index (κ2) is 10.8. The topological polar surface area (TPSA) is 109 Å². The van der Waals surface area contributed by atoms with Crippen LogP contribution < -0.4 is 19.5 Å². The second-order valence-corrected chi connectivity index (χ2v) is 9.50. The number of allylic oxidation sites excluding steroid dienone is 3. The molecule has 0 bridgehead atoms. The van der Waals surface area contributed by atoms with Gasteiger partial charge in [-0.2, -0.15) is 0 Å². The molecule has 9 heteroatoms. The van der Waals surface area contributed by atoms with E-state index in [1.54, 1.807) is 46.1 Å². The molecule has 0 amide bonds. The Morgan fingerprint density at radius 3 is 2.51 bits per heavy atom. The maximum Gasteiger partial charge on any atom is 0.336 e. The van der Waals surface area contributed by atoms with Gasteiger partial charge in [-0.3, -0.25) is 9.59 Å². The monoisotopic (exact) mass is 533 g/mol. The number of dihydropyridines is 1. The number of nitrogens with one attached hydrogen (secondary N) is 1. The quantitative estimate of drug-likeness (QED) is 0.415. The van der Waals surface area contributed by atoms with Crippen LogP contribution in [-0.4, -0.2) is 44.8 Å². The van der Waals surface area contributed by atoms with Crippen molar-refractivity contribution < 1.29 is 38.1 Å². The summed E-state index contributed by atoms with van der Waals surface area (Å²) >= 11 is 0. The number of carbonyl (C=O) groups excluding carboxylic acids is 3. The predicted molar refractivity (Wildman–Crippen MR) is 140 cm³/mol. The van der Waals surface area contributed by atoms with Crippen molar-refractivity contribution in [2.45, 2.75) is 39.0 Å². The van der Waals surface area contributed by atoms with E-state index in [4.69, 9.17) is 23.7 Å². The Bertz CT molecular complexity index is 1390. The van der Waals surface area contributed by atoms with E-state index in [9.17, 15) is 14.4 Å². The van der Waals surface area contributed by atoms with Crippen molar-refractivity contribution in [3.63, 3.8) is 0 Å². The van der Waals surface area contributed by atoms with Crippen molar-refractivity contribution in [3.8, 4) is 17.2 Å². The first-order chi connectivity index (χ1) is 18.9. The van der Waals surface area contributed by atoms with E-state index in [0.717, 1.165) is 5.56 Å². The molecule has 5 rings (SSSR count). The van der Waals surface area contributed by atoms with E-state index in [1.807, 2.05) is 24.3 Å². The molecule has 0 saturated carbocycles. The molecule has 0 unspecified atom stereocenters. The van der Waals surface area contributed by atoms with Gasteiger partial charge in [0.25, 0.3) is 0 Å². The molecule has 2 aliphatic heterocycles. The summed E-state index contributed by atoms with van der Waals surface area (Å²) in [5, 5.41) is 3.31. The first-order valence-corrected chi connectivity index (χ1v) is 13.0. The summed E-state index contributed by atoms with van der Waals surface area (Å²) in [6, 6.07) is 12.7. The number of hydrogen-bond acceptors (Lipinski definition) is 9. The summed E-state index contributed by atoms with van der Waals surface area (Å²) in [6.45, 7) is 5.62. The molecule has 2 heterocycles. The van der Waals surface area contributed by atoms with Crippen molar-refractivity contribution in [1.29, 1.82) is 0 Å². The molecule has 3 aliphatic rings. The zero-order valence-electron chi connectivity index (χ0n) is 22.4. The van der Waals surface area contributed by atoms with Crippen LogP contribution in [0.4, 0.5) is 0 Å². The van der Waals surface area contributed by atoms with Gasteiger partial charge in [-0.05, 0) is 62.6 Å². The van der Waals surface area contributed by atoms with Crippen LogP contribution in [-0.2, 0) is 23.9 Å². The zero-order valence-corrected chi connectivity index (χ0v) is 22.4. The van der Waals surface area contributed by atoms with Crippen LogP contribution in [0.5, 0.6) is 17.2 Å². The minimum Gasteiger partial charge on any atom is -0.497 e. The molecule has 204 valence electrons. The highest BCUT2D eigenvalue weighted by atomic mass is 16.7. The predicted octanol–water partition coefficient (Wildman–Crippen LogP) is 4.14. The second-order valence-electron chi connectivity index (χ2n) is 9.50. The van der Waals surface area contributed by atoms with Crippen LogP contribution in [0.2, 0.25) is 0 Å². The molecule has 0 aromatic heterocycles. The Hall–Kier alpha value is -4.27. The van der Waals surface area contributed by atoms with E-state index >= 15 is 0 Å². The lowest BCUT2D eigenvalue weighted by Crippen LogP contribution is -2.43. The number of fused-ring (bicyclic) bond motifs is 1. The highest BCUT2D eigenvalue weighted by molar-refractivity contribution is 6.13. The Morgan fingerprint density at radius 2 is 1.77 bits per heavy atom. The molecule has 39 heavy (non-hydrogen) atoms. The van der Waals surface area contributed by atoms with Gasteiger partial charge in [0.1, 0.15) is 11.7 Å². The van der Waals surface area contributed by atoms with Gasteiger partial charge in [-0.15, -0.1) is 0 Å². The lowest BCUT2D eigenvalue weighted by Gasteiger charge is -2.39. The van der Waals surface area contributed by atoms with Crippen LogP contribution in [0.15, 0.2) is 65.0 Å². The highest BCUT2D eigenvalue weighted by Gasteiger charge is 2.49. The van der Waals surface area contributed by atoms with Gasteiger partial charge in [-0.25, -0.2) is 4.79 Å². The first-order valence-electron chi connectivity index (χ1n) is 13.0. The van der Waals surface area contributed by atoms with Crippen molar-refractivity contribution in [1.82, 2.24) is 5.32 Å². The molecule has 3 atom stereocenters. The van der Waals surface area contributed by atoms with Gasteiger partial charge in [-0.1, -0.05) is 18.2 Å². The van der Waals surface area contributed by atoms with E-state index in [1.165, 1.54) is 0 Å². The molecule has 0 saturated heterocycles. The molecule has 2 aromatic carbocycles. The van der Waals surface area contributed by atoms with Gasteiger partial charge < -0.3 is 29.0 Å². The number of hydrogen-bond donors (Lipinski definition) is 1. The SMILES string of the molecule is CCOC(=O)C1=C(C)NC2=C(C(=O)[C@H](C(=O)OCC)[C@@H](c3cccc(OC)c3)C2)[C@H]1c1ccc2c(c1)OCO2. The number of Topliss-reactive ketones (excluding diaryl/α,β-unsaturated/α-hetero) is 1. The smallest absolute Gasteiger partial charge is 0.336 e. The fraction of sp³-hybridized carbons (Fsp3) is 0.367. The van der Waals surface area contributed by atoms with E-state index in [0.29, 0.717) is 51.8 Å². The number of ether oxygens (including phenoxy) is 5. The number of methoxy groups -OCH3 is 1. The third kappa shape index (κ3) is 4.73. The Labute approximate surface area is 226 Å². The molecule has 0 spiro atoms. The lowest BCUT2D eigenvalue weighted by atomic mass is 9.67. The molecule has 1 N–H and O–H groups in total. The van der Waals surface area contributed by atoms with Crippen LogP contribution >= 0.6 is 0 Å². The van der Waals surface area contributed by atoms with Crippen molar-refractivity contribution in [2.75, 3.05) is 27.1 Å². The number of carbonyl (C=O) groups is 3. The Morgan fingerprint density at radius 1 is 1.00 bits per heavy atom. The standard InChI is InChI=1S/C30H31NO8/c1-5-36-29(33)24-16(3)31-21-14-20(17-8-7-9-19(12-17)35-4)26(30(34)37-6-2)28(32)27(21)25(24)18-10-11-22-23(13-18)39-15-38-22/h7-13,20,25-26,31H,5-6,14-15H2,1-4H3/t20-,25+,26-/m1/s1. The normalized spacial score (nSPS) is 21.7. The summed E-state index contributed by atoms with van der Waals surface area (Å²) in [5.41, 5.74) is 3.34. The van der Waals surface area contributed by atoms with E-state index < -0.39 is 35.5 Å². The van der Waals surface area contributed by atoms with Crippen molar-refractivity contribution in [3.05, 3.63) is 76.1 Å². The average Bonchev–Trinajstić information content (AvgIpc) is 3.40. The third-order valence-corrected chi connectivity index (χ3v) is 7.31. The van der Waals surface area contributed by atoms with Crippen LogP contribution in [0, 0.1) is 5.92 Å². The number of ketones is 1. The number of esters is 2. The third-order valence-electron chi connectivity index (χ3n) is 7.31. The summed E-state index contributed by atoms with van der Waals surface area (Å²) in [6.07, 6.45) is 0.353. The fourth-order valence-corrected chi connectivity index (χ4v) is 5.63. The van der Waals surface area contributed by atoms with Gasteiger partial charge in [0, 0.05) is 28.8 Å². The van der Waals surface area contributed by atoms with Crippen molar-refractivity contribution >= 4 is 17.7 Å². The number of benzene rings is 2. The van der Waals surface area contributed by atoms with Gasteiger partial charge in [0.05, 0.1) is 25.9 Å². The van der Waals surface area contributed by atoms with E-state index in [-0.39, 0.29) is 20.0 Å².